The van der Waals surface area contributed by atoms with Crippen molar-refractivity contribution in [3.8, 4) is 17.1 Å². The molecule has 3 aliphatic rings. The number of aromatic amines is 2. The second kappa shape index (κ2) is 7.25. The largest absolute Gasteiger partial charge is 0.497 e. The van der Waals surface area contributed by atoms with Crippen molar-refractivity contribution < 1.29 is 4.74 Å². The number of piperidine rings is 3. The summed E-state index contributed by atoms with van der Waals surface area (Å²) in [6.45, 7) is 3.32. The van der Waals surface area contributed by atoms with Crippen LogP contribution in [0.2, 0.25) is 4.34 Å². The van der Waals surface area contributed by atoms with Gasteiger partial charge in [0.2, 0.25) is 0 Å². The number of aromatic nitrogens is 3. The molecule has 3 aromatic heterocycles. The molecule has 0 radical (unpaired) electrons. The van der Waals surface area contributed by atoms with Gasteiger partial charge < -0.3 is 24.9 Å². The van der Waals surface area contributed by atoms with E-state index in [-0.39, 0.29) is 5.56 Å². The highest BCUT2D eigenvalue weighted by molar-refractivity contribution is 7.22. The average Bonchev–Trinajstić information content (AvgIpc) is 3.36. The molecule has 0 spiro atoms. The first kappa shape index (κ1) is 19.2. The van der Waals surface area contributed by atoms with Crippen molar-refractivity contribution in [1.82, 2.24) is 19.9 Å². The molecule has 7 nitrogen and oxygen atoms in total. The van der Waals surface area contributed by atoms with E-state index < -0.39 is 0 Å². The molecule has 3 aliphatic heterocycles. The Bertz CT molecular complexity index is 1350. The lowest BCUT2D eigenvalue weighted by atomic mass is 9.84. The number of hydrogen-bond acceptors (Lipinski definition) is 6. The number of imidazole rings is 1. The summed E-state index contributed by atoms with van der Waals surface area (Å²) in [4.78, 5) is 27.6. The second-order valence-corrected chi connectivity index (χ2v) is 10.0. The lowest BCUT2D eigenvalue weighted by molar-refractivity contribution is 0.0976. The third-order valence-corrected chi connectivity index (χ3v) is 7.77. The van der Waals surface area contributed by atoms with Gasteiger partial charge in [0.1, 0.15) is 22.0 Å². The SMILES string of the molecule is COc1ccc2nc(-c3c(NC4CN5CCC4CC5)c4cc(Cl)sc4[nH]c3=O)[nH]c2c1. The zero-order chi connectivity index (χ0) is 21.1. The van der Waals surface area contributed by atoms with E-state index in [9.17, 15) is 4.79 Å². The Labute approximate surface area is 187 Å². The van der Waals surface area contributed by atoms with Crippen LogP contribution in [0.4, 0.5) is 5.69 Å². The highest BCUT2D eigenvalue weighted by Gasteiger charge is 2.35. The van der Waals surface area contributed by atoms with Gasteiger partial charge in [-0.1, -0.05) is 11.6 Å². The van der Waals surface area contributed by atoms with E-state index in [0.29, 0.717) is 27.7 Å². The van der Waals surface area contributed by atoms with Crippen LogP contribution >= 0.6 is 22.9 Å². The summed E-state index contributed by atoms with van der Waals surface area (Å²) in [7, 11) is 1.63. The van der Waals surface area contributed by atoms with Crippen LogP contribution in [0.1, 0.15) is 12.8 Å². The number of benzene rings is 1. The van der Waals surface area contributed by atoms with Gasteiger partial charge in [0.05, 0.1) is 28.2 Å². The molecule has 4 aromatic rings. The van der Waals surface area contributed by atoms with Crippen molar-refractivity contribution in [2.24, 2.45) is 5.92 Å². The number of thiophene rings is 1. The van der Waals surface area contributed by atoms with Gasteiger partial charge in [0, 0.05) is 24.0 Å². The van der Waals surface area contributed by atoms with E-state index in [1.807, 2.05) is 24.3 Å². The number of halogens is 1. The molecule has 31 heavy (non-hydrogen) atoms. The minimum atomic E-state index is -0.180. The number of methoxy groups -OCH3 is 1. The van der Waals surface area contributed by atoms with Gasteiger partial charge in [-0.25, -0.2) is 4.98 Å². The average molecular weight is 456 g/mol. The Hall–Kier alpha value is -2.55. The fourth-order valence-electron chi connectivity index (χ4n) is 4.98. The summed E-state index contributed by atoms with van der Waals surface area (Å²) in [5.74, 6) is 1.89. The molecule has 1 atom stereocenters. The molecule has 3 saturated heterocycles. The first-order valence-corrected chi connectivity index (χ1v) is 11.7. The molecule has 2 bridgehead atoms. The summed E-state index contributed by atoms with van der Waals surface area (Å²) in [5.41, 5.74) is 2.76. The standard InChI is InChI=1S/C22H22ClN5O2S/c1-30-12-2-3-14-15(8-12)26-20(25-14)18-19(13-9-17(23)31-22(13)27-21(18)29)24-16-10-28-6-4-11(16)5-7-28/h2-3,8-9,11,16H,4-7,10H2,1H3,(H,25,26)(H2,24,27,29). The van der Waals surface area contributed by atoms with Crippen molar-refractivity contribution >= 4 is 49.9 Å². The molecule has 9 heteroatoms. The van der Waals surface area contributed by atoms with Crippen LogP contribution in [0, 0.1) is 5.92 Å². The number of fused-ring (bicyclic) bond motifs is 5. The highest BCUT2D eigenvalue weighted by atomic mass is 35.5. The summed E-state index contributed by atoms with van der Waals surface area (Å²) < 4.78 is 5.98. The Morgan fingerprint density at radius 3 is 2.84 bits per heavy atom. The fourth-order valence-corrected chi connectivity index (χ4v) is 6.10. The van der Waals surface area contributed by atoms with E-state index in [2.05, 4.69) is 20.2 Å². The van der Waals surface area contributed by atoms with Gasteiger partial charge >= 0.3 is 0 Å². The fraction of sp³-hybridized carbons (Fsp3) is 0.364. The Balaban J connectivity index is 1.52. The molecule has 6 heterocycles. The number of ether oxygens (including phenoxy) is 1. The lowest BCUT2D eigenvalue weighted by Crippen LogP contribution is -2.53. The van der Waals surface area contributed by atoms with Crippen LogP contribution in [0.25, 0.3) is 32.6 Å². The van der Waals surface area contributed by atoms with Crippen LogP contribution in [0.5, 0.6) is 5.75 Å². The van der Waals surface area contributed by atoms with Crippen LogP contribution in [-0.2, 0) is 0 Å². The molecule has 0 amide bonds. The normalized spacial score (nSPS) is 23.0. The van der Waals surface area contributed by atoms with Gasteiger partial charge in [-0.3, -0.25) is 4.79 Å². The quantitative estimate of drug-likeness (QED) is 0.427. The molecular formula is C22H22ClN5O2S. The molecule has 1 aromatic carbocycles. The monoisotopic (exact) mass is 455 g/mol. The highest BCUT2D eigenvalue weighted by Crippen LogP contribution is 2.39. The van der Waals surface area contributed by atoms with Gasteiger partial charge in [-0.2, -0.15) is 0 Å². The van der Waals surface area contributed by atoms with Crippen molar-refractivity contribution in [3.63, 3.8) is 0 Å². The predicted octanol–water partition coefficient (Wildman–Crippen LogP) is 4.30. The van der Waals surface area contributed by atoms with Crippen molar-refractivity contribution in [2.45, 2.75) is 18.9 Å². The number of H-pyrrole nitrogens is 2. The van der Waals surface area contributed by atoms with Crippen LogP contribution < -0.4 is 15.6 Å². The van der Waals surface area contributed by atoms with Gasteiger partial charge in [0.15, 0.2) is 0 Å². The molecule has 160 valence electrons. The van der Waals surface area contributed by atoms with Crippen molar-refractivity contribution in [1.29, 1.82) is 0 Å². The smallest absolute Gasteiger partial charge is 0.262 e. The number of rotatable bonds is 4. The Morgan fingerprint density at radius 1 is 1.26 bits per heavy atom. The van der Waals surface area contributed by atoms with E-state index in [1.165, 1.54) is 24.2 Å². The topological polar surface area (TPSA) is 86.0 Å². The lowest BCUT2D eigenvalue weighted by Gasteiger charge is -2.45. The predicted molar refractivity (Wildman–Crippen MR) is 126 cm³/mol. The molecular weight excluding hydrogens is 434 g/mol. The Kier molecular flexibility index (Phi) is 4.48. The van der Waals surface area contributed by atoms with E-state index in [0.717, 1.165) is 52.3 Å². The van der Waals surface area contributed by atoms with E-state index >= 15 is 0 Å². The molecule has 0 saturated carbocycles. The molecule has 3 fully saturated rings. The molecule has 0 aliphatic carbocycles. The molecule has 7 rings (SSSR count). The van der Waals surface area contributed by atoms with Crippen LogP contribution in [-0.4, -0.2) is 52.6 Å². The maximum absolute atomic E-state index is 13.2. The maximum atomic E-state index is 13.2. The first-order valence-electron chi connectivity index (χ1n) is 10.5. The summed E-state index contributed by atoms with van der Waals surface area (Å²) in [6, 6.07) is 7.87. The van der Waals surface area contributed by atoms with E-state index in [4.69, 9.17) is 21.3 Å². The maximum Gasteiger partial charge on any atom is 0.262 e. The third-order valence-electron chi connectivity index (χ3n) is 6.59. The summed E-state index contributed by atoms with van der Waals surface area (Å²) >= 11 is 7.72. The van der Waals surface area contributed by atoms with Crippen LogP contribution in [0.15, 0.2) is 29.1 Å². The second-order valence-electron chi connectivity index (χ2n) is 8.35. The molecule has 1 unspecified atom stereocenters. The van der Waals surface area contributed by atoms with Crippen molar-refractivity contribution in [3.05, 3.63) is 39.0 Å². The summed E-state index contributed by atoms with van der Waals surface area (Å²) in [6.07, 6.45) is 2.38. The minimum absolute atomic E-state index is 0.180. The number of pyridine rings is 1. The Morgan fingerprint density at radius 2 is 2.10 bits per heavy atom. The summed E-state index contributed by atoms with van der Waals surface area (Å²) in [5, 5.41) is 4.67. The van der Waals surface area contributed by atoms with Crippen molar-refractivity contribution in [2.75, 3.05) is 32.1 Å². The third kappa shape index (κ3) is 3.21. The van der Waals surface area contributed by atoms with Gasteiger partial charge in [-0.15, -0.1) is 11.3 Å². The number of nitrogens with zero attached hydrogens (tertiary/aromatic N) is 2. The molecule has 3 N–H and O–H groups in total. The van der Waals surface area contributed by atoms with Gasteiger partial charge in [-0.05, 0) is 50.0 Å². The van der Waals surface area contributed by atoms with E-state index in [1.54, 1.807) is 7.11 Å². The first-order chi connectivity index (χ1) is 15.1. The number of nitrogens with one attached hydrogen (secondary N) is 3. The minimum Gasteiger partial charge on any atom is -0.497 e. The zero-order valence-electron chi connectivity index (χ0n) is 17.0. The van der Waals surface area contributed by atoms with Gasteiger partial charge in [0.25, 0.3) is 5.56 Å². The number of hydrogen-bond donors (Lipinski definition) is 3. The number of anilines is 1. The van der Waals surface area contributed by atoms with Crippen LogP contribution in [0.3, 0.4) is 0 Å². The zero-order valence-corrected chi connectivity index (χ0v) is 18.6.